The Morgan fingerprint density at radius 3 is 3.00 bits per heavy atom. The third-order valence-corrected chi connectivity index (χ3v) is 2.80. The standard InChI is InChI=1S/C13H18N2O/c1-4-10(3)14-8-13-15-11-7-9(2)5-6-12(11)16-13/h5-7,10,14H,4,8H2,1-3H3. The Labute approximate surface area is 95.9 Å². The van der Waals surface area contributed by atoms with Gasteiger partial charge in [0.25, 0.3) is 0 Å². The smallest absolute Gasteiger partial charge is 0.209 e. The topological polar surface area (TPSA) is 38.1 Å². The zero-order valence-corrected chi connectivity index (χ0v) is 10.1. The van der Waals surface area contributed by atoms with E-state index in [4.69, 9.17) is 4.42 Å². The molecule has 2 rings (SSSR count). The highest BCUT2D eigenvalue weighted by Gasteiger charge is 2.06. The highest BCUT2D eigenvalue weighted by atomic mass is 16.3. The summed E-state index contributed by atoms with van der Waals surface area (Å²) in [4.78, 5) is 4.45. The molecule has 0 amide bonds. The van der Waals surface area contributed by atoms with Crippen molar-refractivity contribution < 1.29 is 4.42 Å². The van der Waals surface area contributed by atoms with Gasteiger partial charge in [-0.1, -0.05) is 13.0 Å². The van der Waals surface area contributed by atoms with Crippen LogP contribution in [0.3, 0.4) is 0 Å². The summed E-state index contributed by atoms with van der Waals surface area (Å²) in [5, 5.41) is 3.37. The molecule has 0 saturated carbocycles. The second kappa shape index (κ2) is 4.66. The van der Waals surface area contributed by atoms with Gasteiger partial charge < -0.3 is 9.73 Å². The lowest BCUT2D eigenvalue weighted by Gasteiger charge is -2.07. The van der Waals surface area contributed by atoms with Crippen LogP contribution in [0, 0.1) is 6.92 Å². The minimum Gasteiger partial charge on any atom is -0.439 e. The van der Waals surface area contributed by atoms with Crippen LogP contribution in [0.25, 0.3) is 11.1 Å². The van der Waals surface area contributed by atoms with Crippen LogP contribution in [-0.2, 0) is 6.54 Å². The number of aryl methyl sites for hydroxylation is 1. The van der Waals surface area contributed by atoms with Crippen LogP contribution < -0.4 is 5.32 Å². The van der Waals surface area contributed by atoms with E-state index in [-0.39, 0.29) is 0 Å². The van der Waals surface area contributed by atoms with Gasteiger partial charge >= 0.3 is 0 Å². The maximum Gasteiger partial charge on any atom is 0.209 e. The van der Waals surface area contributed by atoms with E-state index >= 15 is 0 Å². The molecule has 0 spiro atoms. The van der Waals surface area contributed by atoms with Crippen LogP contribution in [0.5, 0.6) is 0 Å². The average Bonchev–Trinajstić information content (AvgIpc) is 2.67. The Bertz CT molecular complexity index is 476. The van der Waals surface area contributed by atoms with E-state index in [2.05, 4.69) is 31.1 Å². The third-order valence-electron chi connectivity index (χ3n) is 2.80. The first-order valence-corrected chi connectivity index (χ1v) is 5.78. The first kappa shape index (κ1) is 11.1. The molecular formula is C13H18N2O. The summed E-state index contributed by atoms with van der Waals surface area (Å²) in [6, 6.07) is 6.56. The van der Waals surface area contributed by atoms with Gasteiger partial charge in [0, 0.05) is 6.04 Å². The molecule has 1 atom stereocenters. The lowest BCUT2D eigenvalue weighted by atomic mass is 10.2. The van der Waals surface area contributed by atoms with Gasteiger partial charge in [0.2, 0.25) is 5.89 Å². The first-order valence-electron chi connectivity index (χ1n) is 5.78. The molecule has 1 unspecified atom stereocenters. The van der Waals surface area contributed by atoms with E-state index in [0.29, 0.717) is 12.6 Å². The van der Waals surface area contributed by atoms with Crippen LogP contribution in [-0.4, -0.2) is 11.0 Å². The van der Waals surface area contributed by atoms with E-state index in [0.717, 1.165) is 23.4 Å². The van der Waals surface area contributed by atoms with E-state index in [1.807, 2.05) is 18.2 Å². The summed E-state index contributed by atoms with van der Waals surface area (Å²) in [7, 11) is 0. The molecule has 0 saturated heterocycles. The molecule has 0 aliphatic heterocycles. The molecule has 16 heavy (non-hydrogen) atoms. The fraction of sp³-hybridized carbons (Fsp3) is 0.462. The lowest BCUT2D eigenvalue weighted by molar-refractivity contribution is 0.455. The molecule has 0 radical (unpaired) electrons. The number of nitrogens with one attached hydrogen (secondary N) is 1. The molecule has 1 aromatic heterocycles. The number of oxazole rings is 1. The molecule has 0 bridgehead atoms. The van der Waals surface area contributed by atoms with Crippen molar-refractivity contribution in [2.75, 3.05) is 0 Å². The molecule has 1 heterocycles. The quantitative estimate of drug-likeness (QED) is 0.857. The zero-order valence-electron chi connectivity index (χ0n) is 10.1. The fourth-order valence-corrected chi connectivity index (χ4v) is 1.57. The number of nitrogens with zero attached hydrogens (tertiary/aromatic N) is 1. The van der Waals surface area contributed by atoms with E-state index in [1.165, 1.54) is 5.56 Å². The van der Waals surface area contributed by atoms with Crippen LogP contribution in [0.15, 0.2) is 22.6 Å². The van der Waals surface area contributed by atoms with Crippen molar-refractivity contribution in [1.82, 2.24) is 10.3 Å². The Hall–Kier alpha value is -1.35. The number of benzene rings is 1. The van der Waals surface area contributed by atoms with Crippen molar-refractivity contribution in [1.29, 1.82) is 0 Å². The lowest BCUT2D eigenvalue weighted by Crippen LogP contribution is -2.24. The zero-order chi connectivity index (χ0) is 11.5. The number of rotatable bonds is 4. The molecule has 3 heteroatoms. The van der Waals surface area contributed by atoms with Crippen LogP contribution in [0.2, 0.25) is 0 Å². The SMILES string of the molecule is CCC(C)NCc1nc2cc(C)ccc2o1. The third kappa shape index (κ3) is 2.42. The van der Waals surface area contributed by atoms with E-state index < -0.39 is 0 Å². The minimum absolute atomic E-state index is 0.497. The number of fused-ring (bicyclic) bond motifs is 1. The van der Waals surface area contributed by atoms with Crippen molar-refractivity contribution in [3.63, 3.8) is 0 Å². The van der Waals surface area contributed by atoms with Gasteiger partial charge in [0.05, 0.1) is 6.54 Å². The van der Waals surface area contributed by atoms with E-state index in [9.17, 15) is 0 Å². The minimum atomic E-state index is 0.497. The highest BCUT2D eigenvalue weighted by molar-refractivity contribution is 5.73. The van der Waals surface area contributed by atoms with Crippen LogP contribution in [0.1, 0.15) is 31.7 Å². The Morgan fingerprint density at radius 1 is 1.44 bits per heavy atom. The van der Waals surface area contributed by atoms with Crippen molar-refractivity contribution in [3.05, 3.63) is 29.7 Å². The van der Waals surface area contributed by atoms with Crippen molar-refractivity contribution in [2.45, 2.75) is 39.8 Å². The van der Waals surface area contributed by atoms with Gasteiger partial charge in [-0.25, -0.2) is 4.98 Å². The molecule has 0 fully saturated rings. The number of aromatic nitrogens is 1. The monoisotopic (exact) mass is 218 g/mol. The summed E-state index contributed by atoms with van der Waals surface area (Å²) in [6.07, 6.45) is 1.11. The van der Waals surface area contributed by atoms with Crippen molar-refractivity contribution >= 4 is 11.1 Å². The first-order chi connectivity index (χ1) is 7.69. The van der Waals surface area contributed by atoms with Gasteiger partial charge in [-0.15, -0.1) is 0 Å². The van der Waals surface area contributed by atoms with Crippen molar-refractivity contribution in [2.24, 2.45) is 0 Å². The summed E-state index contributed by atoms with van der Waals surface area (Å²) in [5.41, 5.74) is 3.02. The highest BCUT2D eigenvalue weighted by Crippen LogP contribution is 2.16. The molecular weight excluding hydrogens is 200 g/mol. The summed E-state index contributed by atoms with van der Waals surface area (Å²) >= 11 is 0. The van der Waals surface area contributed by atoms with Gasteiger partial charge in [-0.2, -0.15) is 0 Å². The number of hydrogen-bond donors (Lipinski definition) is 1. The second-order valence-electron chi connectivity index (χ2n) is 4.27. The average molecular weight is 218 g/mol. The van der Waals surface area contributed by atoms with Gasteiger partial charge in [-0.05, 0) is 38.0 Å². The number of hydrogen-bond acceptors (Lipinski definition) is 3. The molecule has 0 aliphatic rings. The molecule has 1 aromatic carbocycles. The second-order valence-corrected chi connectivity index (χ2v) is 4.27. The molecule has 3 nitrogen and oxygen atoms in total. The predicted molar refractivity (Wildman–Crippen MR) is 65.3 cm³/mol. The maximum absolute atomic E-state index is 5.64. The molecule has 86 valence electrons. The van der Waals surface area contributed by atoms with Gasteiger partial charge in [0.1, 0.15) is 5.52 Å². The van der Waals surface area contributed by atoms with Crippen LogP contribution in [0.4, 0.5) is 0 Å². The predicted octanol–water partition coefficient (Wildman–Crippen LogP) is 3.02. The van der Waals surface area contributed by atoms with Gasteiger partial charge in [-0.3, -0.25) is 0 Å². The van der Waals surface area contributed by atoms with Gasteiger partial charge in [0.15, 0.2) is 5.58 Å². The summed E-state index contributed by atoms with van der Waals surface area (Å²) in [5.74, 6) is 0.765. The van der Waals surface area contributed by atoms with Crippen molar-refractivity contribution in [3.8, 4) is 0 Å². The molecule has 0 aliphatic carbocycles. The molecule has 2 aromatic rings. The Morgan fingerprint density at radius 2 is 2.25 bits per heavy atom. The maximum atomic E-state index is 5.64. The fourth-order valence-electron chi connectivity index (χ4n) is 1.57. The summed E-state index contributed by atoms with van der Waals surface area (Å²) in [6.45, 7) is 7.08. The normalized spacial score (nSPS) is 13.2. The Balaban J connectivity index is 2.13. The largest absolute Gasteiger partial charge is 0.439 e. The Kier molecular flexibility index (Phi) is 3.25. The molecule has 1 N–H and O–H groups in total. The van der Waals surface area contributed by atoms with E-state index in [1.54, 1.807) is 0 Å². The summed E-state index contributed by atoms with van der Waals surface area (Å²) < 4.78 is 5.64. The van der Waals surface area contributed by atoms with Crippen LogP contribution >= 0.6 is 0 Å².